The molecule has 15 heavy (non-hydrogen) atoms. The third-order valence-electron chi connectivity index (χ3n) is 2.36. The molecule has 0 radical (unpaired) electrons. The molecule has 1 N–H and O–H groups in total. The molecule has 1 rings (SSSR count). The molecule has 84 valence electrons. The molecule has 0 spiro atoms. The van der Waals surface area contributed by atoms with Gasteiger partial charge in [-0.25, -0.2) is 4.98 Å². The van der Waals surface area contributed by atoms with Crippen LogP contribution in [0.5, 0.6) is 0 Å². The molecule has 5 nitrogen and oxygen atoms in total. The smallest absolute Gasteiger partial charge is 0.307 e. The van der Waals surface area contributed by atoms with Gasteiger partial charge in [-0.05, 0) is 7.05 Å². The fraction of sp³-hybridized carbons (Fsp3) is 0.600. The number of aromatic nitrogens is 2. The molecule has 0 aliphatic carbocycles. The van der Waals surface area contributed by atoms with Crippen molar-refractivity contribution in [1.29, 1.82) is 0 Å². The van der Waals surface area contributed by atoms with E-state index in [-0.39, 0.29) is 5.92 Å². The molecule has 0 saturated heterocycles. The van der Waals surface area contributed by atoms with Gasteiger partial charge < -0.3 is 9.67 Å². The van der Waals surface area contributed by atoms with E-state index in [1.807, 2.05) is 23.6 Å². The van der Waals surface area contributed by atoms with Crippen LogP contribution in [0.3, 0.4) is 0 Å². The van der Waals surface area contributed by atoms with Gasteiger partial charge in [0.2, 0.25) is 0 Å². The van der Waals surface area contributed by atoms with Crippen molar-refractivity contribution in [3.63, 3.8) is 0 Å². The van der Waals surface area contributed by atoms with Crippen molar-refractivity contribution in [2.45, 2.75) is 13.5 Å². The van der Waals surface area contributed by atoms with E-state index in [1.54, 1.807) is 19.4 Å². The standard InChI is InChI=1S/C10H17N3O2/c1-8(10(14)15)5-12(2)6-9-4-11-7-13(9)3/h4,7-8H,5-6H2,1-3H3,(H,14,15). The summed E-state index contributed by atoms with van der Waals surface area (Å²) in [5, 5.41) is 8.77. The highest BCUT2D eigenvalue weighted by atomic mass is 16.4. The first-order valence-corrected chi connectivity index (χ1v) is 4.87. The first kappa shape index (κ1) is 11.7. The fourth-order valence-corrected chi connectivity index (χ4v) is 1.42. The number of carboxylic acids is 1. The van der Waals surface area contributed by atoms with E-state index in [1.165, 1.54) is 0 Å². The summed E-state index contributed by atoms with van der Waals surface area (Å²) in [7, 11) is 3.84. The van der Waals surface area contributed by atoms with Crippen LogP contribution in [0.4, 0.5) is 0 Å². The zero-order chi connectivity index (χ0) is 11.4. The summed E-state index contributed by atoms with van der Waals surface area (Å²) in [5.74, 6) is -1.10. The van der Waals surface area contributed by atoms with Crippen molar-refractivity contribution in [2.75, 3.05) is 13.6 Å². The highest BCUT2D eigenvalue weighted by Gasteiger charge is 2.14. The van der Waals surface area contributed by atoms with Gasteiger partial charge in [0.05, 0.1) is 17.9 Å². The van der Waals surface area contributed by atoms with Crippen molar-refractivity contribution in [3.05, 3.63) is 18.2 Å². The van der Waals surface area contributed by atoms with Crippen molar-refractivity contribution in [3.8, 4) is 0 Å². The number of nitrogens with zero attached hydrogens (tertiary/aromatic N) is 3. The molecule has 0 amide bonds. The number of rotatable bonds is 5. The van der Waals surface area contributed by atoms with Gasteiger partial charge in [-0.15, -0.1) is 0 Å². The number of carbonyl (C=O) groups is 1. The number of aryl methyl sites for hydroxylation is 1. The van der Waals surface area contributed by atoms with Crippen molar-refractivity contribution < 1.29 is 9.90 Å². The summed E-state index contributed by atoms with van der Waals surface area (Å²) in [6, 6.07) is 0. The summed E-state index contributed by atoms with van der Waals surface area (Å²) in [6.45, 7) is 2.97. The Morgan fingerprint density at radius 2 is 2.40 bits per heavy atom. The predicted octanol–water partition coefficient (Wildman–Crippen LogP) is 0.573. The van der Waals surface area contributed by atoms with Crippen LogP contribution in [0, 0.1) is 5.92 Å². The minimum Gasteiger partial charge on any atom is -0.481 e. The van der Waals surface area contributed by atoms with E-state index in [0.29, 0.717) is 13.1 Å². The normalized spacial score (nSPS) is 13.1. The molecular formula is C10H17N3O2. The first-order chi connectivity index (χ1) is 7.00. The largest absolute Gasteiger partial charge is 0.481 e. The van der Waals surface area contributed by atoms with Crippen LogP contribution in [0.15, 0.2) is 12.5 Å². The van der Waals surface area contributed by atoms with Crippen LogP contribution in [0.2, 0.25) is 0 Å². The van der Waals surface area contributed by atoms with Gasteiger partial charge in [0, 0.05) is 26.3 Å². The van der Waals surface area contributed by atoms with Crippen LogP contribution in [-0.4, -0.2) is 39.1 Å². The number of aliphatic carboxylic acids is 1. The molecule has 1 aromatic rings. The molecule has 0 aromatic carbocycles. The highest BCUT2D eigenvalue weighted by molar-refractivity contribution is 5.69. The molecular weight excluding hydrogens is 194 g/mol. The lowest BCUT2D eigenvalue weighted by molar-refractivity contribution is -0.141. The lowest BCUT2D eigenvalue weighted by Gasteiger charge is -2.18. The van der Waals surface area contributed by atoms with Gasteiger partial charge in [-0.2, -0.15) is 0 Å². The molecule has 1 atom stereocenters. The summed E-state index contributed by atoms with van der Waals surface area (Å²) in [4.78, 5) is 16.7. The Bertz CT molecular complexity index is 335. The van der Waals surface area contributed by atoms with Crippen LogP contribution in [-0.2, 0) is 18.4 Å². The maximum Gasteiger partial charge on any atom is 0.307 e. The third kappa shape index (κ3) is 3.36. The first-order valence-electron chi connectivity index (χ1n) is 4.87. The van der Waals surface area contributed by atoms with Gasteiger partial charge in [0.15, 0.2) is 0 Å². The lowest BCUT2D eigenvalue weighted by atomic mass is 10.2. The Kier molecular flexibility index (Phi) is 3.85. The summed E-state index contributed by atoms with van der Waals surface area (Å²) >= 11 is 0. The molecule has 0 aliphatic rings. The van der Waals surface area contributed by atoms with E-state index in [2.05, 4.69) is 4.98 Å². The Morgan fingerprint density at radius 1 is 1.73 bits per heavy atom. The Morgan fingerprint density at radius 3 is 2.87 bits per heavy atom. The van der Waals surface area contributed by atoms with Crippen molar-refractivity contribution in [2.24, 2.45) is 13.0 Å². The zero-order valence-corrected chi connectivity index (χ0v) is 9.34. The van der Waals surface area contributed by atoms with E-state index >= 15 is 0 Å². The number of hydrogen-bond acceptors (Lipinski definition) is 3. The third-order valence-corrected chi connectivity index (χ3v) is 2.36. The fourth-order valence-electron chi connectivity index (χ4n) is 1.42. The average Bonchev–Trinajstić information content (AvgIpc) is 2.51. The molecule has 0 bridgehead atoms. The maximum atomic E-state index is 10.7. The van der Waals surface area contributed by atoms with Gasteiger partial charge in [0.25, 0.3) is 0 Å². The van der Waals surface area contributed by atoms with E-state index < -0.39 is 5.97 Å². The zero-order valence-electron chi connectivity index (χ0n) is 9.34. The summed E-state index contributed by atoms with van der Waals surface area (Å²) in [6.07, 6.45) is 3.53. The van der Waals surface area contributed by atoms with Crippen LogP contribution < -0.4 is 0 Å². The second-order valence-corrected chi connectivity index (χ2v) is 3.93. The quantitative estimate of drug-likeness (QED) is 0.773. The molecule has 1 heterocycles. The SMILES string of the molecule is CC(CN(C)Cc1cncn1C)C(=O)O. The van der Waals surface area contributed by atoms with Crippen molar-refractivity contribution >= 4 is 5.97 Å². The second kappa shape index (κ2) is 4.93. The summed E-state index contributed by atoms with van der Waals surface area (Å²) in [5.41, 5.74) is 1.08. The minimum atomic E-state index is -0.758. The monoisotopic (exact) mass is 211 g/mol. The Hall–Kier alpha value is -1.36. The maximum absolute atomic E-state index is 10.7. The molecule has 0 fully saturated rings. The van der Waals surface area contributed by atoms with Crippen LogP contribution in [0.1, 0.15) is 12.6 Å². The molecule has 1 unspecified atom stereocenters. The van der Waals surface area contributed by atoms with Gasteiger partial charge in [0.1, 0.15) is 0 Å². The van der Waals surface area contributed by atoms with Crippen LogP contribution in [0.25, 0.3) is 0 Å². The minimum absolute atomic E-state index is 0.344. The molecule has 0 aliphatic heterocycles. The van der Waals surface area contributed by atoms with Gasteiger partial charge in [-0.3, -0.25) is 9.69 Å². The van der Waals surface area contributed by atoms with E-state index in [4.69, 9.17) is 5.11 Å². The molecule has 5 heteroatoms. The van der Waals surface area contributed by atoms with Crippen LogP contribution >= 0.6 is 0 Å². The number of carboxylic acid groups (broad SMARTS) is 1. The second-order valence-electron chi connectivity index (χ2n) is 3.93. The molecule has 0 saturated carbocycles. The lowest BCUT2D eigenvalue weighted by Crippen LogP contribution is -2.28. The summed E-state index contributed by atoms with van der Waals surface area (Å²) < 4.78 is 1.93. The highest BCUT2D eigenvalue weighted by Crippen LogP contribution is 2.04. The van der Waals surface area contributed by atoms with Gasteiger partial charge >= 0.3 is 5.97 Å². The topological polar surface area (TPSA) is 58.4 Å². The Labute approximate surface area is 89.3 Å². The van der Waals surface area contributed by atoms with E-state index in [0.717, 1.165) is 5.69 Å². The Balaban J connectivity index is 2.46. The van der Waals surface area contributed by atoms with Crippen molar-refractivity contribution in [1.82, 2.24) is 14.5 Å². The van der Waals surface area contributed by atoms with E-state index in [9.17, 15) is 4.79 Å². The molecule has 1 aromatic heterocycles. The number of hydrogen-bond donors (Lipinski definition) is 1. The van der Waals surface area contributed by atoms with Gasteiger partial charge in [-0.1, -0.05) is 6.92 Å². The average molecular weight is 211 g/mol. The number of imidazole rings is 1. The predicted molar refractivity (Wildman–Crippen MR) is 56.3 cm³/mol.